The molecule has 0 saturated carbocycles. The molecule has 11 heavy (non-hydrogen) atoms. The molecule has 1 rings (SSSR count). The summed E-state index contributed by atoms with van der Waals surface area (Å²) in [6.07, 6.45) is 0. The van der Waals surface area contributed by atoms with Gasteiger partial charge in [-0.25, -0.2) is 0 Å². The Morgan fingerprint density at radius 2 is 1.91 bits per heavy atom. The summed E-state index contributed by atoms with van der Waals surface area (Å²) in [6.45, 7) is 0. The van der Waals surface area contributed by atoms with Crippen LogP contribution in [-0.4, -0.2) is 5.12 Å². The van der Waals surface area contributed by atoms with Gasteiger partial charge in [0.25, 0.3) is 0 Å². The van der Waals surface area contributed by atoms with E-state index in [-0.39, 0.29) is 5.12 Å². The lowest BCUT2D eigenvalue weighted by molar-refractivity contribution is 0.108. The zero-order valence-electron chi connectivity index (χ0n) is 5.56. The molecule has 0 atom stereocenters. The molecule has 1 aromatic rings. The van der Waals surface area contributed by atoms with Crippen LogP contribution in [-0.2, 0) is 0 Å². The Bertz CT molecular complexity index is 260. The fourth-order valence-electron chi connectivity index (χ4n) is 0.661. The molecule has 0 aromatic heterocycles. The second-order valence-electron chi connectivity index (χ2n) is 1.82. The van der Waals surface area contributed by atoms with Gasteiger partial charge in [-0.2, -0.15) is 0 Å². The van der Waals surface area contributed by atoms with Crippen molar-refractivity contribution in [3.05, 3.63) is 40.8 Å². The number of nitroso groups, excluding NO2 is 1. The molecule has 0 spiro atoms. The van der Waals surface area contributed by atoms with Gasteiger partial charge in [-0.15, -0.1) is 4.91 Å². The fourth-order valence-corrected chi connectivity index (χ4v) is 0.970. The molecule has 0 saturated heterocycles. The Kier molecular flexibility index (Phi) is 2.80. The maximum absolute atomic E-state index is 10.9. The van der Waals surface area contributed by atoms with E-state index in [1.54, 1.807) is 30.3 Å². The van der Waals surface area contributed by atoms with Crippen molar-refractivity contribution in [3.8, 4) is 0 Å². The summed E-state index contributed by atoms with van der Waals surface area (Å²) in [4.78, 5) is 20.6. The number of carbonyl (C=O) groups excluding carboxylic acids is 1. The zero-order chi connectivity index (χ0) is 8.10. The average molecular weight is 167 g/mol. The Morgan fingerprint density at radius 3 is 2.45 bits per heavy atom. The number of nitrogens with zero attached hydrogens (tertiary/aromatic N) is 1. The molecule has 0 aliphatic carbocycles. The van der Waals surface area contributed by atoms with E-state index in [4.69, 9.17) is 0 Å². The second-order valence-corrected chi connectivity index (χ2v) is 2.52. The summed E-state index contributed by atoms with van der Waals surface area (Å²) in [7, 11) is 0. The molecule has 0 fully saturated rings. The van der Waals surface area contributed by atoms with Crippen LogP contribution >= 0.6 is 11.9 Å². The fraction of sp³-hybridized carbons (Fsp3) is 0. The van der Waals surface area contributed by atoms with Gasteiger partial charge < -0.3 is 0 Å². The third kappa shape index (κ3) is 2.16. The van der Waals surface area contributed by atoms with Crippen LogP contribution in [0.4, 0.5) is 0 Å². The van der Waals surface area contributed by atoms with Crippen LogP contribution in [0.5, 0.6) is 0 Å². The predicted octanol–water partition coefficient (Wildman–Crippen LogP) is 2.24. The van der Waals surface area contributed by atoms with Gasteiger partial charge in [0.15, 0.2) is 0 Å². The minimum absolute atomic E-state index is 0.319. The van der Waals surface area contributed by atoms with Gasteiger partial charge in [0.1, 0.15) is 11.9 Å². The standard InChI is InChI=1S/C7H5NO2S/c9-7(11-8-10)6-4-2-1-3-5-6/h1-5H. The lowest BCUT2D eigenvalue weighted by Gasteiger charge is -1.91. The van der Waals surface area contributed by atoms with Crippen LogP contribution in [0.2, 0.25) is 0 Å². The van der Waals surface area contributed by atoms with Crippen LogP contribution in [0.15, 0.2) is 34.9 Å². The average Bonchev–Trinajstić information content (AvgIpc) is 2.07. The first kappa shape index (κ1) is 7.94. The molecule has 56 valence electrons. The topological polar surface area (TPSA) is 46.5 Å². The molecular formula is C7H5NO2S. The summed E-state index contributed by atoms with van der Waals surface area (Å²) < 4.78 is 2.43. The molecular weight excluding hydrogens is 162 g/mol. The first-order chi connectivity index (χ1) is 5.34. The van der Waals surface area contributed by atoms with E-state index in [0.29, 0.717) is 17.5 Å². The third-order valence-corrected chi connectivity index (χ3v) is 1.61. The third-order valence-electron chi connectivity index (χ3n) is 1.13. The molecule has 0 radical (unpaired) electrons. The largest absolute Gasteiger partial charge is 0.279 e. The smallest absolute Gasteiger partial charge is 0.244 e. The minimum Gasteiger partial charge on any atom is -0.279 e. The van der Waals surface area contributed by atoms with E-state index < -0.39 is 0 Å². The van der Waals surface area contributed by atoms with Crippen molar-refractivity contribution < 1.29 is 4.79 Å². The van der Waals surface area contributed by atoms with Crippen molar-refractivity contribution in [1.82, 2.24) is 0 Å². The number of rotatable bonds is 2. The Morgan fingerprint density at radius 1 is 1.27 bits per heavy atom. The number of carbonyl (C=O) groups is 1. The maximum Gasteiger partial charge on any atom is 0.244 e. The highest BCUT2D eigenvalue weighted by Gasteiger charge is 2.04. The van der Waals surface area contributed by atoms with Crippen LogP contribution in [0.1, 0.15) is 10.4 Å². The maximum atomic E-state index is 10.9. The minimum atomic E-state index is -0.319. The normalized spacial score (nSPS) is 9.09. The van der Waals surface area contributed by atoms with Gasteiger partial charge in [-0.1, -0.05) is 30.3 Å². The molecule has 1 aromatic carbocycles. The summed E-state index contributed by atoms with van der Waals surface area (Å²) in [6, 6.07) is 8.55. The number of hydrogen-bond acceptors (Lipinski definition) is 4. The monoisotopic (exact) mass is 167 g/mol. The number of hydrogen-bond donors (Lipinski definition) is 0. The van der Waals surface area contributed by atoms with Gasteiger partial charge in [0.2, 0.25) is 5.12 Å². The highest BCUT2D eigenvalue weighted by atomic mass is 32.2. The lowest BCUT2D eigenvalue weighted by atomic mass is 10.2. The van der Waals surface area contributed by atoms with E-state index in [2.05, 4.69) is 4.58 Å². The van der Waals surface area contributed by atoms with E-state index in [1.165, 1.54) is 0 Å². The summed E-state index contributed by atoms with van der Waals surface area (Å²) in [5.74, 6) is 0. The van der Waals surface area contributed by atoms with Gasteiger partial charge in [0, 0.05) is 10.1 Å². The van der Waals surface area contributed by atoms with E-state index in [1.807, 2.05) is 0 Å². The van der Waals surface area contributed by atoms with Gasteiger partial charge >= 0.3 is 0 Å². The summed E-state index contributed by atoms with van der Waals surface area (Å²) in [5, 5.41) is -0.319. The SMILES string of the molecule is O=NSC(=O)c1ccccc1. The molecule has 0 amide bonds. The molecule has 0 unspecified atom stereocenters. The molecule has 0 heterocycles. The molecule has 0 N–H and O–H groups in total. The second kappa shape index (κ2) is 3.88. The zero-order valence-corrected chi connectivity index (χ0v) is 6.38. The predicted molar refractivity (Wildman–Crippen MR) is 44.2 cm³/mol. The van der Waals surface area contributed by atoms with Crippen molar-refractivity contribution in [1.29, 1.82) is 0 Å². The first-order valence-electron chi connectivity index (χ1n) is 2.93. The number of benzene rings is 1. The lowest BCUT2D eigenvalue weighted by Crippen LogP contribution is -1.89. The quantitative estimate of drug-likeness (QED) is 0.501. The van der Waals surface area contributed by atoms with Crippen molar-refractivity contribution in [2.45, 2.75) is 0 Å². The van der Waals surface area contributed by atoms with E-state index >= 15 is 0 Å². The Balaban J connectivity index is 2.77. The van der Waals surface area contributed by atoms with Crippen LogP contribution in [0, 0.1) is 4.91 Å². The Hall–Kier alpha value is -1.16. The highest BCUT2D eigenvalue weighted by molar-refractivity contribution is 8.12. The van der Waals surface area contributed by atoms with Gasteiger partial charge in [-0.05, 0) is 0 Å². The summed E-state index contributed by atoms with van der Waals surface area (Å²) >= 11 is 0.415. The molecule has 4 heteroatoms. The van der Waals surface area contributed by atoms with Crippen molar-refractivity contribution in [2.75, 3.05) is 0 Å². The van der Waals surface area contributed by atoms with Crippen LogP contribution in [0.3, 0.4) is 0 Å². The van der Waals surface area contributed by atoms with Crippen molar-refractivity contribution >= 4 is 17.1 Å². The van der Waals surface area contributed by atoms with Crippen molar-refractivity contribution in [2.24, 2.45) is 4.58 Å². The molecule has 0 bridgehead atoms. The van der Waals surface area contributed by atoms with Crippen LogP contribution < -0.4 is 0 Å². The van der Waals surface area contributed by atoms with Gasteiger partial charge in [0.05, 0.1) is 0 Å². The van der Waals surface area contributed by atoms with E-state index in [9.17, 15) is 9.70 Å². The molecule has 0 aliphatic heterocycles. The summed E-state index contributed by atoms with van der Waals surface area (Å²) in [5.41, 5.74) is 0.497. The molecule has 0 aliphatic rings. The van der Waals surface area contributed by atoms with Crippen LogP contribution in [0.25, 0.3) is 0 Å². The first-order valence-corrected chi connectivity index (χ1v) is 3.71. The van der Waals surface area contributed by atoms with Crippen molar-refractivity contribution in [3.63, 3.8) is 0 Å². The Labute approximate surface area is 67.9 Å². The molecule has 3 nitrogen and oxygen atoms in total. The highest BCUT2D eigenvalue weighted by Crippen LogP contribution is 2.11. The van der Waals surface area contributed by atoms with Gasteiger partial charge in [-0.3, -0.25) is 4.79 Å². The van der Waals surface area contributed by atoms with E-state index in [0.717, 1.165) is 0 Å².